The first-order valence-electron chi connectivity index (χ1n) is 5.04. The summed E-state index contributed by atoms with van der Waals surface area (Å²) in [6, 6.07) is 0. The van der Waals surface area contributed by atoms with Gasteiger partial charge in [0.05, 0.1) is 5.01 Å². The van der Waals surface area contributed by atoms with Crippen LogP contribution in [-0.2, 0) is 6.54 Å². The average molecular weight is 213 g/mol. The van der Waals surface area contributed by atoms with Crippen LogP contribution in [-0.4, -0.2) is 18.1 Å². The molecular weight excluding hydrogens is 194 g/mol. The van der Waals surface area contributed by atoms with Crippen LogP contribution in [0.25, 0.3) is 0 Å². The highest BCUT2D eigenvalue weighted by atomic mass is 32.1. The van der Waals surface area contributed by atoms with E-state index in [-0.39, 0.29) is 0 Å². The summed E-state index contributed by atoms with van der Waals surface area (Å²) >= 11 is 1.75. The Kier molecular flexibility index (Phi) is 5.07. The number of hydrogen-bond donors (Lipinski definition) is 2. The van der Waals surface area contributed by atoms with E-state index in [0.29, 0.717) is 5.92 Å². The highest BCUT2D eigenvalue weighted by molar-refractivity contribution is 7.11. The normalized spacial score (nSPS) is 13.1. The van der Waals surface area contributed by atoms with Crippen LogP contribution in [0.1, 0.15) is 23.2 Å². The molecule has 0 aliphatic carbocycles. The molecule has 1 aromatic rings. The van der Waals surface area contributed by atoms with Crippen molar-refractivity contribution < 1.29 is 0 Å². The predicted molar refractivity (Wildman–Crippen MR) is 61.4 cm³/mol. The molecule has 0 bridgehead atoms. The molecule has 0 radical (unpaired) electrons. The molecule has 0 amide bonds. The fraction of sp³-hybridized carbons (Fsp3) is 0.700. The minimum atomic E-state index is 0.661. The molecule has 4 heteroatoms. The van der Waals surface area contributed by atoms with Crippen molar-refractivity contribution in [3.8, 4) is 0 Å². The zero-order valence-electron chi connectivity index (χ0n) is 8.92. The van der Waals surface area contributed by atoms with Gasteiger partial charge in [0.2, 0.25) is 0 Å². The van der Waals surface area contributed by atoms with E-state index in [4.69, 9.17) is 5.73 Å². The number of nitrogens with one attached hydrogen (secondary N) is 1. The van der Waals surface area contributed by atoms with Gasteiger partial charge in [-0.05, 0) is 32.4 Å². The molecule has 0 aliphatic heterocycles. The summed E-state index contributed by atoms with van der Waals surface area (Å²) in [6.07, 6.45) is 3.04. The smallest absolute Gasteiger partial charge is 0.0897 e. The molecule has 80 valence electrons. The molecule has 1 unspecified atom stereocenters. The van der Waals surface area contributed by atoms with Crippen LogP contribution < -0.4 is 11.1 Å². The number of rotatable bonds is 6. The van der Waals surface area contributed by atoms with Crippen molar-refractivity contribution in [1.29, 1.82) is 0 Å². The molecular formula is C10H19N3S. The van der Waals surface area contributed by atoms with Gasteiger partial charge in [-0.15, -0.1) is 11.3 Å². The van der Waals surface area contributed by atoms with Crippen molar-refractivity contribution in [1.82, 2.24) is 10.3 Å². The average Bonchev–Trinajstić information content (AvgIpc) is 2.52. The van der Waals surface area contributed by atoms with Crippen LogP contribution in [0.4, 0.5) is 0 Å². The summed E-state index contributed by atoms with van der Waals surface area (Å²) in [5.41, 5.74) is 5.48. The lowest BCUT2D eigenvalue weighted by atomic mass is 10.1. The van der Waals surface area contributed by atoms with Crippen molar-refractivity contribution in [3.05, 3.63) is 16.1 Å². The van der Waals surface area contributed by atoms with Crippen LogP contribution >= 0.6 is 11.3 Å². The summed E-state index contributed by atoms with van der Waals surface area (Å²) in [5.74, 6) is 0.661. The molecule has 3 N–H and O–H groups in total. The molecule has 0 spiro atoms. The van der Waals surface area contributed by atoms with Gasteiger partial charge in [0.15, 0.2) is 0 Å². The Balaban J connectivity index is 2.15. The van der Waals surface area contributed by atoms with Crippen LogP contribution in [0, 0.1) is 12.8 Å². The Morgan fingerprint density at radius 2 is 2.43 bits per heavy atom. The number of aryl methyl sites for hydroxylation is 1. The fourth-order valence-corrected chi connectivity index (χ4v) is 2.08. The van der Waals surface area contributed by atoms with Crippen LogP contribution in [0.3, 0.4) is 0 Å². The van der Waals surface area contributed by atoms with Crippen molar-refractivity contribution >= 4 is 11.3 Å². The van der Waals surface area contributed by atoms with Crippen LogP contribution in [0.15, 0.2) is 6.20 Å². The molecule has 0 fully saturated rings. The van der Waals surface area contributed by atoms with Gasteiger partial charge in [0, 0.05) is 17.6 Å². The van der Waals surface area contributed by atoms with E-state index in [2.05, 4.69) is 17.2 Å². The zero-order chi connectivity index (χ0) is 10.4. The first kappa shape index (κ1) is 11.6. The summed E-state index contributed by atoms with van der Waals surface area (Å²) in [7, 11) is 0. The second-order valence-electron chi connectivity index (χ2n) is 3.66. The van der Waals surface area contributed by atoms with Gasteiger partial charge in [-0.2, -0.15) is 0 Å². The van der Waals surface area contributed by atoms with E-state index in [1.165, 1.54) is 4.88 Å². The molecule has 1 heterocycles. The Morgan fingerprint density at radius 3 is 3.00 bits per heavy atom. The highest BCUT2D eigenvalue weighted by Gasteiger charge is 2.01. The second kappa shape index (κ2) is 6.11. The highest BCUT2D eigenvalue weighted by Crippen LogP contribution is 2.10. The minimum Gasteiger partial charge on any atom is -0.330 e. The van der Waals surface area contributed by atoms with E-state index in [9.17, 15) is 0 Å². The Morgan fingerprint density at radius 1 is 1.64 bits per heavy atom. The van der Waals surface area contributed by atoms with E-state index in [1.807, 2.05) is 13.1 Å². The molecule has 3 nitrogen and oxygen atoms in total. The number of nitrogens with two attached hydrogens (primary N) is 1. The van der Waals surface area contributed by atoms with E-state index < -0.39 is 0 Å². The Bertz CT molecular complexity index is 260. The lowest BCUT2D eigenvalue weighted by molar-refractivity contribution is 0.488. The molecule has 1 atom stereocenters. The van der Waals surface area contributed by atoms with Gasteiger partial charge in [-0.3, -0.25) is 0 Å². The molecule has 0 aliphatic rings. The number of aromatic nitrogens is 1. The van der Waals surface area contributed by atoms with Crippen molar-refractivity contribution in [2.75, 3.05) is 13.1 Å². The predicted octanol–water partition coefficient (Wildman–Crippen LogP) is 1.53. The zero-order valence-corrected chi connectivity index (χ0v) is 9.73. The molecule has 0 saturated carbocycles. The minimum absolute atomic E-state index is 0.661. The van der Waals surface area contributed by atoms with Gasteiger partial charge >= 0.3 is 0 Å². The monoisotopic (exact) mass is 213 g/mol. The molecule has 0 aromatic carbocycles. The third-order valence-corrected chi connectivity index (χ3v) is 3.03. The molecule has 1 rings (SSSR count). The van der Waals surface area contributed by atoms with Crippen molar-refractivity contribution in [3.63, 3.8) is 0 Å². The fourth-order valence-electron chi connectivity index (χ4n) is 1.32. The third-order valence-electron chi connectivity index (χ3n) is 2.12. The largest absolute Gasteiger partial charge is 0.330 e. The van der Waals surface area contributed by atoms with Crippen molar-refractivity contribution in [2.45, 2.75) is 26.8 Å². The first-order valence-corrected chi connectivity index (χ1v) is 5.86. The molecule has 0 saturated heterocycles. The number of hydrogen-bond acceptors (Lipinski definition) is 4. The van der Waals surface area contributed by atoms with E-state index in [1.54, 1.807) is 11.3 Å². The summed E-state index contributed by atoms with van der Waals surface area (Å²) < 4.78 is 0. The maximum atomic E-state index is 5.48. The lowest BCUT2D eigenvalue weighted by Crippen LogP contribution is -2.22. The standard InChI is InChI=1S/C10H19N3S/c1-8(3-4-11)5-12-6-10-7-13-9(2)14-10/h7-8,12H,3-6,11H2,1-2H3. The van der Waals surface area contributed by atoms with Gasteiger partial charge in [0.25, 0.3) is 0 Å². The van der Waals surface area contributed by atoms with E-state index in [0.717, 1.165) is 31.1 Å². The molecule has 14 heavy (non-hydrogen) atoms. The topological polar surface area (TPSA) is 50.9 Å². The summed E-state index contributed by atoms with van der Waals surface area (Å²) in [6.45, 7) is 7.00. The van der Waals surface area contributed by atoms with Crippen LogP contribution in [0.5, 0.6) is 0 Å². The summed E-state index contributed by atoms with van der Waals surface area (Å²) in [5, 5.41) is 4.55. The first-order chi connectivity index (χ1) is 6.72. The van der Waals surface area contributed by atoms with Crippen LogP contribution in [0.2, 0.25) is 0 Å². The lowest BCUT2D eigenvalue weighted by Gasteiger charge is -2.09. The SMILES string of the molecule is Cc1ncc(CNCC(C)CCN)s1. The number of thiazole rings is 1. The Hall–Kier alpha value is -0.450. The van der Waals surface area contributed by atoms with Gasteiger partial charge in [-0.1, -0.05) is 6.92 Å². The maximum Gasteiger partial charge on any atom is 0.0897 e. The third kappa shape index (κ3) is 4.17. The Labute approximate surface area is 89.7 Å². The van der Waals surface area contributed by atoms with Gasteiger partial charge in [-0.25, -0.2) is 4.98 Å². The quantitative estimate of drug-likeness (QED) is 0.753. The van der Waals surface area contributed by atoms with E-state index >= 15 is 0 Å². The summed E-state index contributed by atoms with van der Waals surface area (Å²) in [4.78, 5) is 5.52. The number of nitrogens with zero attached hydrogens (tertiary/aromatic N) is 1. The second-order valence-corrected chi connectivity index (χ2v) is 4.98. The van der Waals surface area contributed by atoms with Gasteiger partial charge in [0.1, 0.15) is 0 Å². The van der Waals surface area contributed by atoms with Crippen molar-refractivity contribution in [2.24, 2.45) is 11.7 Å². The molecule has 1 aromatic heterocycles. The maximum absolute atomic E-state index is 5.48. The van der Waals surface area contributed by atoms with Gasteiger partial charge < -0.3 is 11.1 Å².